The first kappa shape index (κ1) is 10.9. The summed E-state index contributed by atoms with van der Waals surface area (Å²) < 4.78 is 5.63. The molecule has 2 fully saturated rings. The van der Waals surface area contributed by atoms with E-state index < -0.39 is 0 Å². The van der Waals surface area contributed by atoms with Gasteiger partial charge in [0.25, 0.3) is 0 Å². The highest BCUT2D eigenvalue weighted by Crippen LogP contribution is 2.51. The smallest absolute Gasteiger partial charge is 0.249 e. The highest BCUT2D eigenvalue weighted by molar-refractivity contribution is 5.81. The van der Waals surface area contributed by atoms with Gasteiger partial charge in [-0.1, -0.05) is 6.92 Å². The van der Waals surface area contributed by atoms with Crippen molar-refractivity contribution in [3.05, 3.63) is 0 Å². The van der Waals surface area contributed by atoms with E-state index in [-0.39, 0.29) is 11.8 Å². The van der Waals surface area contributed by atoms with E-state index in [0.717, 1.165) is 19.4 Å². The first-order valence-electron chi connectivity index (χ1n) is 5.60. The minimum absolute atomic E-state index is 0.0884. The van der Waals surface area contributed by atoms with Crippen LogP contribution in [0, 0.1) is 17.8 Å². The van der Waals surface area contributed by atoms with E-state index in [1.54, 1.807) is 7.05 Å². The quantitative estimate of drug-likeness (QED) is 0.658. The van der Waals surface area contributed by atoms with Gasteiger partial charge in [0, 0.05) is 25.5 Å². The number of hydroxylamine groups is 2. The lowest BCUT2D eigenvalue weighted by atomic mass is 10.1. The molecule has 1 heterocycles. The third-order valence-corrected chi connectivity index (χ3v) is 3.71. The zero-order chi connectivity index (χ0) is 11.0. The fourth-order valence-corrected chi connectivity index (χ4v) is 2.66. The highest BCUT2D eigenvalue weighted by Gasteiger charge is 2.57. The Morgan fingerprint density at radius 1 is 1.53 bits per heavy atom. The topological polar surface area (TPSA) is 38.8 Å². The number of nitrogens with zero attached hydrogens (tertiary/aromatic N) is 1. The van der Waals surface area contributed by atoms with Crippen LogP contribution in [-0.4, -0.2) is 37.8 Å². The van der Waals surface area contributed by atoms with Crippen molar-refractivity contribution in [2.75, 3.05) is 20.8 Å². The van der Waals surface area contributed by atoms with Crippen LogP contribution >= 0.6 is 0 Å². The Kier molecular flexibility index (Phi) is 2.98. The van der Waals surface area contributed by atoms with Crippen LogP contribution in [0.5, 0.6) is 0 Å². The number of amides is 1. The fourth-order valence-electron chi connectivity index (χ4n) is 2.66. The van der Waals surface area contributed by atoms with Gasteiger partial charge in [-0.3, -0.25) is 9.63 Å². The number of hydrogen-bond donors (Lipinski definition) is 0. The van der Waals surface area contributed by atoms with Gasteiger partial charge in [0.2, 0.25) is 5.91 Å². The van der Waals surface area contributed by atoms with Crippen molar-refractivity contribution in [3.8, 4) is 0 Å². The van der Waals surface area contributed by atoms with Gasteiger partial charge in [-0.2, -0.15) is 0 Å². The second-order valence-corrected chi connectivity index (χ2v) is 4.53. The lowest BCUT2D eigenvalue weighted by Gasteiger charge is -2.14. The maximum absolute atomic E-state index is 11.9. The average molecular weight is 213 g/mol. The van der Waals surface area contributed by atoms with Gasteiger partial charge in [-0.05, 0) is 18.8 Å². The molecule has 0 bridgehead atoms. The van der Waals surface area contributed by atoms with Gasteiger partial charge >= 0.3 is 0 Å². The monoisotopic (exact) mass is 213 g/mol. The molecule has 1 aliphatic carbocycles. The lowest BCUT2D eigenvalue weighted by Crippen LogP contribution is -2.28. The van der Waals surface area contributed by atoms with E-state index in [1.807, 2.05) is 0 Å². The molecule has 2 rings (SSSR count). The summed E-state index contributed by atoms with van der Waals surface area (Å²) in [5.74, 6) is 1.05. The lowest BCUT2D eigenvalue weighted by molar-refractivity contribution is -0.171. The molecule has 4 nitrogen and oxygen atoms in total. The Morgan fingerprint density at radius 2 is 2.27 bits per heavy atom. The number of hydrogen-bond acceptors (Lipinski definition) is 3. The van der Waals surface area contributed by atoms with Gasteiger partial charge in [0.05, 0.1) is 13.2 Å². The van der Waals surface area contributed by atoms with Crippen LogP contribution < -0.4 is 0 Å². The van der Waals surface area contributed by atoms with Crippen molar-refractivity contribution in [3.63, 3.8) is 0 Å². The Morgan fingerprint density at radius 3 is 2.80 bits per heavy atom. The molecule has 2 aliphatic rings. The first-order chi connectivity index (χ1) is 7.16. The Balaban J connectivity index is 1.92. The molecule has 1 amide bonds. The van der Waals surface area contributed by atoms with Gasteiger partial charge in [0.1, 0.15) is 0 Å². The van der Waals surface area contributed by atoms with Gasteiger partial charge in [-0.15, -0.1) is 0 Å². The Labute approximate surface area is 90.5 Å². The van der Waals surface area contributed by atoms with Crippen LogP contribution in [0.2, 0.25) is 0 Å². The van der Waals surface area contributed by atoms with Crippen molar-refractivity contribution in [1.82, 2.24) is 5.06 Å². The van der Waals surface area contributed by atoms with Crippen molar-refractivity contribution < 1.29 is 14.4 Å². The zero-order valence-electron chi connectivity index (χ0n) is 9.60. The molecule has 1 saturated carbocycles. The summed E-state index contributed by atoms with van der Waals surface area (Å²) in [5.41, 5.74) is 0. The standard InChI is InChI=1S/C11H19NO3/c1-7-9(8-5-4-6-15-8)10(7)11(13)12(2)14-3/h7-10H,4-6H2,1-3H3/t7-,8+,9+,10-/m0/s1. The molecule has 0 aromatic heterocycles. The van der Waals surface area contributed by atoms with Crippen molar-refractivity contribution >= 4 is 5.91 Å². The van der Waals surface area contributed by atoms with Gasteiger partial charge in [0.15, 0.2) is 0 Å². The van der Waals surface area contributed by atoms with Crippen LogP contribution in [0.1, 0.15) is 19.8 Å². The van der Waals surface area contributed by atoms with Crippen LogP contribution in [0.4, 0.5) is 0 Å². The van der Waals surface area contributed by atoms with Crippen LogP contribution in [0.3, 0.4) is 0 Å². The van der Waals surface area contributed by atoms with Crippen LogP contribution in [0.25, 0.3) is 0 Å². The maximum Gasteiger partial charge on any atom is 0.249 e. The second-order valence-electron chi connectivity index (χ2n) is 4.53. The average Bonchev–Trinajstić information content (AvgIpc) is 2.70. The molecule has 1 aliphatic heterocycles. The summed E-state index contributed by atoms with van der Waals surface area (Å²) in [5, 5.41) is 1.33. The molecule has 0 unspecified atom stereocenters. The van der Waals surface area contributed by atoms with E-state index in [1.165, 1.54) is 12.2 Å². The van der Waals surface area contributed by atoms with Crippen molar-refractivity contribution in [2.24, 2.45) is 17.8 Å². The molecule has 0 spiro atoms. The molecule has 0 aromatic carbocycles. The predicted octanol–water partition coefficient (Wildman–Crippen LogP) is 1.07. The van der Waals surface area contributed by atoms with Gasteiger partial charge in [-0.25, -0.2) is 5.06 Å². The molecule has 0 N–H and O–H groups in total. The molecule has 0 aromatic rings. The largest absolute Gasteiger partial charge is 0.378 e. The van der Waals surface area contributed by atoms with E-state index in [4.69, 9.17) is 9.57 Å². The summed E-state index contributed by atoms with van der Waals surface area (Å²) in [6.45, 7) is 2.98. The SMILES string of the molecule is CON(C)C(=O)[C@H]1[C@@H](C)[C@@H]1[C@H]1CCCO1. The zero-order valence-corrected chi connectivity index (χ0v) is 9.60. The molecule has 15 heavy (non-hydrogen) atoms. The summed E-state index contributed by atoms with van der Waals surface area (Å²) in [7, 11) is 3.19. The highest BCUT2D eigenvalue weighted by atomic mass is 16.7. The number of carbonyl (C=O) groups is 1. The van der Waals surface area contributed by atoms with E-state index >= 15 is 0 Å². The van der Waals surface area contributed by atoms with Crippen molar-refractivity contribution in [2.45, 2.75) is 25.9 Å². The van der Waals surface area contributed by atoms with E-state index in [9.17, 15) is 4.79 Å². The minimum Gasteiger partial charge on any atom is -0.378 e. The summed E-state index contributed by atoms with van der Waals surface area (Å²) >= 11 is 0. The summed E-state index contributed by atoms with van der Waals surface area (Å²) in [6.07, 6.45) is 2.55. The number of ether oxygens (including phenoxy) is 1. The molecule has 4 atom stereocenters. The Hall–Kier alpha value is -0.610. The third-order valence-electron chi connectivity index (χ3n) is 3.71. The van der Waals surface area contributed by atoms with Crippen LogP contribution in [-0.2, 0) is 14.4 Å². The normalized spacial score (nSPS) is 39.1. The Bertz CT molecular complexity index is 250. The van der Waals surface area contributed by atoms with E-state index in [0.29, 0.717) is 17.9 Å². The molecule has 86 valence electrons. The third kappa shape index (κ3) is 1.88. The molecule has 1 saturated heterocycles. The molecular formula is C11H19NO3. The minimum atomic E-state index is 0.0884. The summed E-state index contributed by atoms with van der Waals surface area (Å²) in [6, 6.07) is 0. The predicted molar refractivity (Wildman–Crippen MR) is 54.9 cm³/mol. The van der Waals surface area contributed by atoms with Gasteiger partial charge < -0.3 is 4.74 Å². The second kappa shape index (κ2) is 4.10. The number of carbonyl (C=O) groups excluding carboxylic acids is 1. The molecule has 0 radical (unpaired) electrons. The maximum atomic E-state index is 11.9. The molecular weight excluding hydrogens is 194 g/mol. The van der Waals surface area contributed by atoms with Crippen molar-refractivity contribution in [1.29, 1.82) is 0 Å². The van der Waals surface area contributed by atoms with E-state index in [2.05, 4.69) is 6.92 Å². The van der Waals surface area contributed by atoms with Crippen LogP contribution in [0.15, 0.2) is 0 Å². The number of rotatable bonds is 3. The first-order valence-corrected chi connectivity index (χ1v) is 5.60. The fraction of sp³-hybridized carbons (Fsp3) is 0.909. The summed E-state index contributed by atoms with van der Waals surface area (Å²) in [4.78, 5) is 16.8. The molecule has 4 heteroatoms.